The molecule has 0 saturated heterocycles. The average molecular weight is 426 g/mol. The summed E-state index contributed by atoms with van der Waals surface area (Å²) in [5.41, 5.74) is 3.59. The molecule has 0 unspecified atom stereocenters. The number of ether oxygens (including phenoxy) is 1. The molecule has 1 aliphatic rings. The fraction of sp³-hybridized carbons (Fsp3) is 0.231. The molecular weight excluding hydrogens is 404 g/mol. The van der Waals surface area contributed by atoms with Gasteiger partial charge in [-0.15, -0.1) is 0 Å². The number of phenolic OH excluding ortho intramolecular Hbond substituents is 1. The molecule has 0 spiro atoms. The highest BCUT2D eigenvalue weighted by Crippen LogP contribution is 2.41. The number of benzene rings is 2. The molecule has 2 N–H and O–H groups in total. The Bertz CT molecular complexity index is 1580. The third kappa shape index (κ3) is 2.94. The van der Waals surface area contributed by atoms with Crippen LogP contribution in [-0.2, 0) is 12.8 Å². The van der Waals surface area contributed by atoms with Crippen LogP contribution in [0.25, 0.3) is 32.6 Å². The Kier molecular flexibility index (Phi) is 3.76. The van der Waals surface area contributed by atoms with Gasteiger partial charge in [0.25, 0.3) is 0 Å². The van der Waals surface area contributed by atoms with Crippen molar-refractivity contribution in [1.82, 2.24) is 9.97 Å². The Balaban J connectivity index is 1.48. The van der Waals surface area contributed by atoms with E-state index in [-0.39, 0.29) is 11.2 Å². The van der Waals surface area contributed by atoms with Crippen molar-refractivity contribution in [3.8, 4) is 11.5 Å². The van der Waals surface area contributed by atoms with E-state index in [2.05, 4.69) is 4.98 Å². The maximum atomic E-state index is 12.2. The Morgan fingerprint density at radius 3 is 2.72 bits per heavy atom. The van der Waals surface area contributed by atoms with Crippen molar-refractivity contribution in [1.29, 1.82) is 0 Å². The van der Waals surface area contributed by atoms with Crippen molar-refractivity contribution in [2.45, 2.75) is 39.2 Å². The highest BCUT2D eigenvalue weighted by Gasteiger charge is 2.35. The van der Waals surface area contributed by atoms with E-state index >= 15 is 0 Å². The fourth-order valence-electron chi connectivity index (χ4n) is 5.07. The summed E-state index contributed by atoms with van der Waals surface area (Å²) < 4.78 is 12.6. The summed E-state index contributed by atoms with van der Waals surface area (Å²) in [6.07, 6.45) is 1.08. The number of hydrogen-bond acceptors (Lipinski definition) is 5. The molecule has 4 heterocycles. The van der Waals surface area contributed by atoms with Crippen LogP contribution >= 0.6 is 0 Å². The molecule has 1 atom stereocenters. The molecule has 0 amide bonds. The van der Waals surface area contributed by atoms with Crippen LogP contribution in [0.2, 0.25) is 0 Å². The third-order valence-corrected chi connectivity index (χ3v) is 6.15. The van der Waals surface area contributed by atoms with Crippen molar-refractivity contribution in [3.05, 3.63) is 75.5 Å². The molecule has 0 aliphatic carbocycles. The molecule has 6 rings (SSSR count). The number of hydrogen-bond donors (Lipinski definition) is 2. The molecule has 0 saturated carbocycles. The number of aryl methyl sites for hydroxylation is 2. The molecule has 5 aromatic rings. The predicted octanol–water partition coefficient (Wildman–Crippen LogP) is 5.08. The van der Waals surface area contributed by atoms with Crippen LogP contribution in [0, 0.1) is 13.8 Å². The van der Waals surface area contributed by atoms with Gasteiger partial charge in [0, 0.05) is 53.2 Å². The SMILES string of the molecule is Cc1cc2cc(O)cc3c2c(n1)C[C@](C)(Cc1cc2[nH]c(C)cc4cc(=O)cc(o1)c42)O3. The Morgan fingerprint density at radius 1 is 1.06 bits per heavy atom. The molecule has 0 radical (unpaired) electrons. The normalized spacial score (nSPS) is 17.8. The first-order chi connectivity index (χ1) is 15.3. The summed E-state index contributed by atoms with van der Waals surface area (Å²) in [5, 5.41) is 13.9. The molecule has 6 heteroatoms. The van der Waals surface area contributed by atoms with E-state index in [0.29, 0.717) is 29.9 Å². The predicted molar refractivity (Wildman–Crippen MR) is 124 cm³/mol. The molecular formula is C26H22N2O4. The van der Waals surface area contributed by atoms with Gasteiger partial charge in [-0.3, -0.25) is 9.78 Å². The van der Waals surface area contributed by atoms with E-state index in [9.17, 15) is 9.90 Å². The number of aromatic hydroxyl groups is 1. The lowest BCUT2D eigenvalue weighted by molar-refractivity contribution is 0.0787. The Hall–Kier alpha value is -3.80. The monoisotopic (exact) mass is 426 g/mol. The molecule has 0 bridgehead atoms. The van der Waals surface area contributed by atoms with Crippen LogP contribution < -0.4 is 10.2 Å². The molecule has 6 nitrogen and oxygen atoms in total. The van der Waals surface area contributed by atoms with Crippen LogP contribution in [-0.4, -0.2) is 20.7 Å². The second-order valence-electron chi connectivity index (χ2n) is 9.12. The van der Waals surface area contributed by atoms with E-state index in [1.165, 1.54) is 6.07 Å². The van der Waals surface area contributed by atoms with Gasteiger partial charge in [0.1, 0.15) is 28.4 Å². The second-order valence-corrected chi connectivity index (χ2v) is 9.12. The van der Waals surface area contributed by atoms with E-state index in [4.69, 9.17) is 14.1 Å². The van der Waals surface area contributed by atoms with E-state index in [1.807, 2.05) is 39.0 Å². The van der Waals surface area contributed by atoms with E-state index in [1.54, 1.807) is 18.2 Å². The van der Waals surface area contributed by atoms with Crippen LogP contribution in [0.5, 0.6) is 11.5 Å². The zero-order valence-corrected chi connectivity index (χ0v) is 18.1. The fourth-order valence-corrected chi connectivity index (χ4v) is 5.07. The van der Waals surface area contributed by atoms with Crippen molar-refractivity contribution in [2.75, 3.05) is 0 Å². The largest absolute Gasteiger partial charge is 0.508 e. The van der Waals surface area contributed by atoms with Gasteiger partial charge in [-0.1, -0.05) is 0 Å². The minimum atomic E-state index is -0.629. The maximum Gasteiger partial charge on any atom is 0.182 e. The minimum absolute atomic E-state index is 0.0822. The van der Waals surface area contributed by atoms with Gasteiger partial charge in [-0.2, -0.15) is 0 Å². The van der Waals surface area contributed by atoms with Gasteiger partial charge in [0.05, 0.1) is 11.2 Å². The zero-order valence-electron chi connectivity index (χ0n) is 18.1. The highest BCUT2D eigenvalue weighted by atomic mass is 16.5. The van der Waals surface area contributed by atoms with Crippen LogP contribution in [0.3, 0.4) is 0 Å². The van der Waals surface area contributed by atoms with Gasteiger partial charge in [-0.05, 0) is 55.8 Å². The summed E-state index contributed by atoms with van der Waals surface area (Å²) in [5.74, 6) is 1.50. The number of nitrogens with zero attached hydrogens (tertiary/aromatic N) is 1. The first-order valence-electron chi connectivity index (χ1n) is 10.6. The third-order valence-electron chi connectivity index (χ3n) is 6.15. The Morgan fingerprint density at radius 2 is 1.88 bits per heavy atom. The minimum Gasteiger partial charge on any atom is -0.508 e. The standard InChI is InChI=1S/C26H22N2O4/c1-13-4-15-6-17(29)8-22-24(15)20(27-13)10-19(31-22)11-26(3)12-21-25-16(5-14(2)28-21)7-18(30)9-23(25)32-26/h4-10,27,30H,11-12H2,1-3H3/t26-/m0/s1. The lowest BCUT2D eigenvalue weighted by atomic mass is 9.88. The smallest absolute Gasteiger partial charge is 0.182 e. The molecule has 160 valence electrons. The number of phenols is 1. The number of H-pyrrole nitrogens is 1. The second kappa shape index (κ2) is 6.36. The van der Waals surface area contributed by atoms with E-state index in [0.717, 1.165) is 44.1 Å². The number of rotatable bonds is 2. The zero-order chi connectivity index (χ0) is 22.2. The summed E-state index contributed by atoms with van der Waals surface area (Å²) in [6.45, 7) is 5.95. The van der Waals surface area contributed by atoms with Crippen molar-refractivity contribution >= 4 is 32.6 Å². The average Bonchev–Trinajstić information content (AvgIpc) is 2.65. The molecule has 32 heavy (non-hydrogen) atoms. The summed E-state index contributed by atoms with van der Waals surface area (Å²) in [7, 11) is 0. The quantitative estimate of drug-likeness (QED) is 0.411. The lowest BCUT2D eigenvalue weighted by Crippen LogP contribution is -2.40. The number of nitrogens with one attached hydrogen (secondary N) is 1. The van der Waals surface area contributed by atoms with Crippen molar-refractivity contribution in [3.63, 3.8) is 0 Å². The van der Waals surface area contributed by atoms with E-state index < -0.39 is 5.60 Å². The van der Waals surface area contributed by atoms with Gasteiger partial charge in [0.2, 0.25) is 0 Å². The van der Waals surface area contributed by atoms with Gasteiger partial charge in [-0.25, -0.2) is 0 Å². The topological polar surface area (TPSA) is 88.4 Å². The summed E-state index contributed by atoms with van der Waals surface area (Å²) >= 11 is 0. The van der Waals surface area contributed by atoms with Gasteiger partial charge in [0.15, 0.2) is 5.43 Å². The molecule has 0 fully saturated rings. The van der Waals surface area contributed by atoms with Gasteiger partial charge < -0.3 is 19.2 Å². The summed E-state index contributed by atoms with van der Waals surface area (Å²) in [6, 6.07) is 12.4. The highest BCUT2D eigenvalue weighted by molar-refractivity contribution is 6.06. The van der Waals surface area contributed by atoms with Crippen LogP contribution in [0.1, 0.15) is 29.8 Å². The van der Waals surface area contributed by atoms with Crippen LogP contribution in [0.4, 0.5) is 0 Å². The van der Waals surface area contributed by atoms with Crippen LogP contribution in [0.15, 0.2) is 51.7 Å². The lowest BCUT2D eigenvalue weighted by Gasteiger charge is -2.35. The van der Waals surface area contributed by atoms with Crippen molar-refractivity contribution < 1.29 is 14.3 Å². The Labute approximate surface area is 183 Å². The summed E-state index contributed by atoms with van der Waals surface area (Å²) in [4.78, 5) is 20.4. The number of pyridine rings is 2. The van der Waals surface area contributed by atoms with Gasteiger partial charge >= 0.3 is 0 Å². The first-order valence-corrected chi connectivity index (χ1v) is 10.6. The number of aromatic nitrogens is 2. The first kappa shape index (κ1) is 18.9. The number of aromatic amines is 1. The maximum absolute atomic E-state index is 12.2. The van der Waals surface area contributed by atoms with Crippen molar-refractivity contribution in [2.24, 2.45) is 0 Å². The molecule has 1 aliphatic heterocycles. The molecule has 3 aromatic heterocycles. The molecule has 2 aromatic carbocycles.